The summed E-state index contributed by atoms with van der Waals surface area (Å²) in [5.74, 6) is 1.07. The summed E-state index contributed by atoms with van der Waals surface area (Å²) in [6, 6.07) is 11.9. The number of benzene rings is 2. The Kier molecular flexibility index (Phi) is 4.20. The second-order valence-corrected chi connectivity index (χ2v) is 4.53. The van der Waals surface area contributed by atoms with Crippen LogP contribution in [-0.4, -0.2) is 7.11 Å². The molecule has 2 nitrogen and oxygen atoms in total. The minimum Gasteiger partial charge on any atom is -0.496 e. The van der Waals surface area contributed by atoms with Crippen LogP contribution in [0.15, 0.2) is 46.9 Å². The molecule has 0 unspecified atom stereocenters. The van der Waals surface area contributed by atoms with Gasteiger partial charge in [0.25, 0.3) is 0 Å². The highest BCUT2D eigenvalue weighted by Gasteiger charge is 2.05. The van der Waals surface area contributed by atoms with E-state index in [9.17, 15) is 4.39 Å². The SMILES string of the molecule is COc1ccccc1COc1ccc(F)cc1Br. The third-order valence-corrected chi connectivity index (χ3v) is 3.09. The number of para-hydroxylation sites is 1. The van der Waals surface area contributed by atoms with E-state index in [1.807, 2.05) is 24.3 Å². The maximum atomic E-state index is 12.9. The zero-order valence-electron chi connectivity index (χ0n) is 9.82. The van der Waals surface area contributed by atoms with Crippen molar-refractivity contribution < 1.29 is 13.9 Å². The molecule has 0 fully saturated rings. The standard InChI is InChI=1S/C14H12BrFO2/c1-17-13-5-3-2-4-10(13)9-18-14-7-6-11(16)8-12(14)15/h2-8H,9H2,1H3. The van der Waals surface area contributed by atoms with Crippen molar-refractivity contribution in [3.63, 3.8) is 0 Å². The molecule has 0 amide bonds. The molecule has 0 spiro atoms. The lowest BCUT2D eigenvalue weighted by atomic mass is 10.2. The largest absolute Gasteiger partial charge is 0.496 e. The predicted octanol–water partition coefficient (Wildman–Crippen LogP) is 4.18. The molecule has 0 N–H and O–H groups in total. The zero-order chi connectivity index (χ0) is 13.0. The molecule has 0 aliphatic rings. The Labute approximate surface area is 113 Å². The van der Waals surface area contributed by atoms with E-state index in [0.29, 0.717) is 16.8 Å². The van der Waals surface area contributed by atoms with Gasteiger partial charge in [-0.05, 0) is 40.2 Å². The lowest BCUT2D eigenvalue weighted by Crippen LogP contribution is -1.99. The van der Waals surface area contributed by atoms with Gasteiger partial charge in [-0.1, -0.05) is 18.2 Å². The molecule has 4 heteroatoms. The van der Waals surface area contributed by atoms with Gasteiger partial charge in [-0.2, -0.15) is 0 Å². The number of methoxy groups -OCH3 is 1. The normalized spacial score (nSPS) is 10.2. The average molecular weight is 311 g/mol. The van der Waals surface area contributed by atoms with Gasteiger partial charge in [0.15, 0.2) is 0 Å². The average Bonchev–Trinajstić information content (AvgIpc) is 2.38. The number of hydrogen-bond donors (Lipinski definition) is 0. The van der Waals surface area contributed by atoms with Gasteiger partial charge >= 0.3 is 0 Å². The van der Waals surface area contributed by atoms with Crippen LogP contribution in [0.1, 0.15) is 5.56 Å². The van der Waals surface area contributed by atoms with E-state index in [1.54, 1.807) is 13.2 Å². The van der Waals surface area contributed by atoms with Crippen molar-refractivity contribution >= 4 is 15.9 Å². The number of ether oxygens (including phenoxy) is 2. The first-order valence-corrected chi connectivity index (χ1v) is 6.20. The highest BCUT2D eigenvalue weighted by Crippen LogP contribution is 2.27. The summed E-state index contributed by atoms with van der Waals surface area (Å²) >= 11 is 3.26. The van der Waals surface area contributed by atoms with E-state index >= 15 is 0 Å². The molecule has 94 valence electrons. The van der Waals surface area contributed by atoms with Crippen LogP contribution in [0.3, 0.4) is 0 Å². The van der Waals surface area contributed by atoms with Crippen molar-refractivity contribution in [3.05, 3.63) is 58.3 Å². The molecule has 0 atom stereocenters. The molecule has 0 radical (unpaired) electrons. The molecule has 2 rings (SSSR count). The Hall–Kier alpha value is -1.55. The van der Waals surface area contributed by atoms with Crippen LogP contribution in [0.5, 0.6) is 11.5 Å². The Bertz CT molecular complexity index is 543. The number of rotatable bonds is 4. The van der Waals surface area contributed by atoms with Crippen molar-refractivity contribution in [2.24, 2.45) is 0 Å². The first-order valence-electron chi connectivity index (χ1n) is 5.40. The summed E-state index contributed by atoms with van der Waals surface area (Å²) in [4.78, 5) is 0. The highest BCUT2D eigenvalue weighted by atomic mass is 79.9. The second-order valence-electron chi connectivity index (χ2n) is 3.68. The molecule has 0 saturated heterocycles. The molecule has 18 heavy (non-hydrogen) atoms. The van der Waals surface area contributed by atoms with Crippen molar-refractivity contribution in [3.8, 4) is 11.5 Å². The fourth-order valence-corrected chi connectivity index (χ4v) is 2.04. The first-order chi connectivity index (χ1) is 8.70. The van der Waals surface area contributed by atoms with Gasteiger partial charge < -0.3 is 9.47 Å². The lowest BCUT2D eigenvalue weighted by Gasteiger charge is -2.11. The number of hydrogen-bond acceptors (Lipinski definition) is 2. The van der Waals surface area contributed by atoms with Crippen LogP contribution in [0.25, 0.3) is 0 Å². The van der Waals surface area contributed by atoms with E-state index in [1.165, 1.54) is 12.1 Å². The molecule has 0 heterocycles. The second kappa shape index (κ2) is 5.87. The van der Waals surface area contributed by atoms with Crippen LogP contribution in [0.2, 0.25) is 0 Å². The third-order valence-electron chi connectivity index (χ3n) is 2.47. The highest BCUT2D eigenvalue weighted by molar-refractivity contribution is 9.10. The Morgan fingerprint density at radius 3 is 2.61 bits per heavy atom. The molecule has 0 aliphatic carbocycles. The van der Waals surface area contributed by atoms with E-state index in [0.717, 1.165) is 11.3 Å². The molecule has 2 aromatic rings. The van der Waals surface area contributed by atoms with E-state index in [2.05, 4.69) is 15.9 Å². The monoisotopic (exact) mass is 310 g/mol. The molecule has 2 aromatic carbocycles. The summed E-state index contributed by atoms with van der Waals surface area (Å²) in [6.45, 7) is 0.369. The molecular formula is C14H12BrFO2. The van der Waals surface area contributed by atoms with Crippen LogP contribution < -0.4 is 9.47 Å². The molecule has 0 aromatic heterocycles. The Morgan fingerprint density at radius 1 is 1.11 bits per heavy atom. The molecule has 0 aliphatic heterocycles. The first kappa shape index (κ1) is 12.9. The van der Waals surface area contributed by atoms with Crippen LogP contribution >= 0.6 is 15.9 Å². The minimum atomic E-state index is -0.300. The number of halogens is 2. The Morgan fingerprint density at radius 2 is 1.89 bits per heavy atom. The zero-order valence-corrected chi connectivity index (χ0v) is 11.4. The summed E-state index contributed by atoms with van der Waals surface area (Å²) < 4.78 is 24.4. The fraction of sp³-hybridized carbons (Fsp3) is 0.143. The maximum Gasteiger partial charge on any atom is 0.134 e. The molecular weight excluding hydrogens is 299 g/mol. The van der Waals surface area contributed by atoms with Crippen LogP contribution in [0.4, 0.5) is 4.39 Å². The topological polar surface area (TPSA) is 18.5 Å². The van der Waals surface area contributed by atoms with Gasteiger partial charge in [0.2, 0.25) is 0 Å². The quantitative estimate of drug-likeness (QED) is 0.843. The van der Waals surface area contributed by atoms with Gasteiger partial charge in [0.1, 0.15) is 23.9 Å². The van der Waals surface area contributed by atoms with Crippen LogP contribution in [-0.2, 0) is 6.61 Å². The van der Waals surface area contributed by atoms with Gasteiger partial charge in [-0.3, -0.25) is 0 Å². The van der Waals surface area contributed by atoms with Crippen molar-refractivity contribution in [2.45, 2.75) is 6.61 Å². The van der Waals surface area contributed by atoms with Crippen LogP contribution in [0, 0.1) is 5.82 Å². The summed E-state index contributed by atoms with van der Waals surface area (Å²) in [5.41, 5.74) is 0.941. The molecule has 0 saturated carbocycles. The maximum absolute atomic E-state index is 12.9. The van der Waals surface area contributed by atoms with Crippen molar-refractivity contribution in [2.75, 3.05) is 7.11 Å². The predicted molar refractivity (Wildman–Crippen MR) is 71.4 cm³/mol. The summed E-state index contributed by atoms with van der Waals surface area (Å²) in [5, 5.41) is 0. The Balaban J connectivity index is 2.11. The summed E-state index contributed by atoms with van der Waals surface area (Å²) in [7, 11) is 1.62. The van der Waals surface area contributed by atoms with Gasteiger partial charge in [0, 0.05) is 5.56 Å². The van der Waals surface area contributed by atoms with Gasteiger partial charge in [-0.25, -0.2) is 4.39 Å². The lowest BCUT2D eigenvalue weighted by molar-refractivity contribution is 0.294. The molecule has 0 bridgehead atoms. The van der Waals surface area contributed by atoms with Crippen molar-refractivity contribution in [1.82, 2.24) is 0 Å². The fourth-order valence-electron chi connectivity index (χ4n) is 1.57. The van der Waals surface area contributed by atoms with E-state index in [-0.39, 0.29) is 5.82 Å². The minimum absolute atomic E-state index is 0.300. The van der Waals surface area contributed by atoms with Crippen molar-refractivity contribution in [1.29, 1.82) is 0 Å². The summed E-state index contributed by atoms with van der Waals surface area (Å²) in [6.07, 6.45) is 0. The van der Waals surface area contributed by atoms with E-state index in [4.69, 9.17) is 9.47 Å². The smallest absolute Gasteiger partial charge is 0.134 e. The van der Waals surface area contributed by atoms with Gasteiger partial charge in [0.05, 0.1) is 11.6 Å². The van der Waals surface area contributed by atoms with E-state index < -0.39 is 0 Å². The third kappa shape index (κ3) is 3.01. The van der Waals surface area contributed by atoms with Gasteiger partial charge in [-0.15, -0.1) is 0 Å².